The Kier molecular flexibility index (Phi) is 3.04. The zero-order chi connectivity index (χ0) is 13.4. The van der Waals surface area contributed by atoms with Crippen molar-refractivity contribution in [1.29, 1.82) is 0 Å². The van der Waals surface area contributed by atoms with Gasteiger partial charge >= 0.3 is 0 Å². The first kappa shape index (κ1) is 12.3. The van der Waals surface area contributed by atoms with Crippen molar-refractivity contribution in [3.8, 4) is 10.6 Å². The Morgan fingerprint density at radius 1 is 1.37 bits per heavy atom. The number of fused-ring (bicyclic) bond motifs is 1. The van der Waals surface area contributed by atoms with Crippen molar-refractivity contribution < 1.29 is 4.39 Å². The Bertz CT molecular complexity index is 814. The highest BCUT2D eigenvalue weighted by molar-refractivity contribution is 7.19. The third-order valence-corrected chi connectivity index (χ3v) is 3.75. The van der Waals surface area contributed by atoms with Gasteiger partial charge in [0.1, 0.15) is 5.82 Å². The second-order valence-electron chi connectivity index (χ2n) is 3.80. The number of hydrogen-bond acceptors (Lipinski definition) is 4. The molecule has 0 unspecified atom stereocenters. The van der Waals surface area contributed by atoms with E-state index in [1.807, 2.05) is 0 Å². The van der Waals surface area contributed by atoms with E-state index in [-0.39, 0.29) is 17.3 Å². The Morgan fingerprint density at radius 2 is 2.16 bits per heavy atom. The molecule has 0 amide bonds. The molecular weight excluding hydrogens is 289 g/mol. The van der Waals surface area contributed by atoms with Crippen LogP contribution < -0.4 is 5.56 Å². The maximum Gasteiger partial charge on any atom is 0.275 e. The van der Waals surface area contributed by atoms with Crippen LogP contribution in [0.3, 0.4) is 0 Å². The summed E-state index contributed by atoms with van der Waals surface area (Å²) in [5.74, 6) is -0.231. The van der Waals surface area contributed by atoms with Gasteiger partial charge in [-0.05, 0) is 12.1 Å². The molecular formula is C12H7ClFN3OS. The second kappa shape index (κ2) is 4.71. The van der Waals surface area contributed by atoms with Crippen LogP contribution in [0.1, 0.15) is 5.69 Å². The van der Waals surface area contributed by atoms with Crippen molar-refractivity contribution in [3.63, 3.8) is 0 Å². The van der Waals surface area contributed by atoms with Gasteiger partial charge in [0.2, 0.25) is 4.96 Å². The lowest BCUT2D eigenvalue weighted by atomic mass is 10.2. The highest BCUT2D eigenvalue weighted by Crippen LogP contribution is 2.26. The van der Waals surface area contributed by atoms with E-state index in [9.17, 15) is 9.18 Å². The first-order chi connectivity index (χ1) is 9.19. The summed E-state index contributed by atoms with van der Waals surface area (Å²) < 4.78 is 14.8. The fraction of sp³-hybridized carbons (Fsp3) is 0.0833. The van der Waals surface area contributed by atoms with Crippen molar-refractivity contribution >= 4 is 27.9 Å². The molecule has 19 heavy (non-hydrogen) atoms. The number of hydrogen-bond donors (Lipinski definition) is 0. The monoisotopic (exact) mass is 295 g/mol. The van der Waals surface area contributed by atoms with E-state index >= 15 is 0 Å². The molecule has 0 fully saturated rings. The molecule has 0 N–H and O–H groups in total. The van der Waals surface area contributed by atoms with E-state index in [1.54, 1.807) is 18.2 Å². The molecule has 0 aliphatic carbocycles. The van der Waals surface area contributed by atoms with Crippen molar-refractivity contribution in [2.45, 2.75) is 5.88 Å². The molecule has 0 bridgehead atoms. The highest BCUT2D eigenvalue weighted by atomic mass is 35.5. The third-order valence-electron chi connectivity index (χ3n) is 2.54. The Hall–Kier alpha value is -1.79. The lowest BCUT2D eigenvalue weighted by molar-refractivity contribution is 0.630. The van der Waals surface area contributed by atoms with Crippen molar-refractivity contribution in [2.75, 3.05) is 0 Å². The number of aromatic nitrogens is 3. The van der Waals surface area contributed by atoms with Gasteiger partial charge in [0.05, 0.1) is 11.6 Å². The van der Waals surface area contributed by atoms with Crippen molar-refractivity contribution in [3.05, 3.63) is 52.2 Å². The molecule has 1 aromatic carbocycles. The van der Waals surface area contributed by atoms with Crippen molar-refractivity contribution in [1.82, 2.24) is 14.6 Å². The first-order valence-corrected chi connectivity index (χ1v) is 6.75. The lowest BCUT2D eigenvalue weighted by Gasteiger charge is -1.95. The summed E-state index contributed by atoms with van der Waals surface area (Å²) in [6.45, 7) is 0. The summed E-state index contributed by atoms with van der Waals surface area (Å²) in [4.78, 5) is 16.4. The minimum atomic E-state index is -0.382. The molecule has 3 rings (SSSR count). The number of nitrogens with zero attached hydrogens (tertiary/aromatic N) is 3. The van der Waals surface area contributed by atoms with Crippen LogP contribution in [0.4, 0.5) is 4.39 Å². The molecule has 0 aliphatic heterocycles. The van der Waals surface area contributed by atoms with Gasteiger partial charge < -0.3 is 0 Å². The summed E-state index contributed by atoms with van der Waals surface area (Å²) in [5.41, 5.74) is 0.514. The second-order valence-corrected chi connectivity index (χ2v) is 5.02. The van der Waals surface area contributed by atoms with Gasteiger partial charge in [0, 0.05) is 11.6 Å². The van der Waals surface area contributed by atoms with E-state index in [0.29, 0.717) is 21.2 Å². The topological polar surface area (TPSA) is 47.3 Å². The Balaban J connectivity index is 2.25. The van der Waals surface area contributed by atoms with Crippen LogP contribution in [0.2, 0.25) is 0 Å². The molecule has 0 spiro atoms. The zero-order valence-electron chi connectivity index (χ0n) is 9.51. The van der Waals surface area contributed by atoms with Crippen LogP contribution in [0.15, 0.2) is 35.1 Å². The minimum Gasteiger partial charge on any atom is -0.267 e. The minimum absolute atomic E-state index is 0.151. The van der Waals surface area contributed by atoms with E-state index in [4.69, 9.17) is 11.6 Å². The molecule has 0 atom stereocenters. The summed E-state index contributed by atoms with van der Waals surface area (Å²) in [7, 11) is 0. The maximum absolute atomic E-state index is 13.7. The predicted molar refractivity (Wildman–Crippen MR) is 72.1 cm³/mol. The SMILES string of the molecule is O=c1cc(CCl)nc2sc(-c3ccccc3F)nn12. The molecule has 96 valence electrons. The number of rotatable bonds is 2. The smallest absolute Gasteiger partial charge is 0.267 e. The van der Waals surface area contributed by atoms with Crippen LogP contribution in [-0.2, 0) is 5.88 Å². The van der Waals surface area contributed by atoms with Crippen LogP contribution in [0.5, 0.6) is 0 Å². The Labute approximate surface area is 116 Å². The van der Waals surface area contributed by atoms with E-state index in [0.717, 1.165) is 15.9 Å². The normalized spacial score (nSPS) is 11.1. The lowest BCUT2D eigenvalue weighted by Crippen LogP contribution is -2.14. The Morgan fingerprint density at radius 3 is 2.89 bits per heavy atom. The molecule has 0 saturated heterocycles. The van der Waals surface area contributed by atoms with Gasteiger partial charge in [-0.1, -0.05) is 23.5 Å². The van der Waals surface area contributed by atoms with Gasteiger partial charge in [-0.2, -0.15) is 9.61 Å². The molecule has 3 aromatic rings. The number of alkyl halides is 1. The maximum atomic E-state index is 13.7. The standard InChI is InChI=1S/C12H7ClFN3OS/c13-6-7-5-10(18)17-12(15-7)19-11(16-17)8-3-1-2-4-9(8)14/h1-5H,6H2. The van der Waals surface area contributed by atoms with Crippen LogP contribution in [0.25, 0.3) is 15.5 Å². The molecule has 2 aromatic heterocycles. The molecule has 0 saturated carbocycles. The molecule has 2 heterocycles. The zero-order valence-corrected chi connectivity index (χ0v) is 11.1. The van der Waals surface area contributed by atoms with Crippen molar-refractivity contribution in [2.24, 2.45) is 0 Å². The molecule has 7 heteroatoms. The van der Waals surface area contributed by atoms with E-state index in [1.165, 1.54) is 12.1 Å². The van der Waals surface area contributed by atoms with Crippen LogP contribution >= 0.6 is 22.9 Å². The summed E-state index contributed by atoms with van der Waals surface area (Å²) in [6.07, 6.45) is 0. The summed E-state index contributed by atoms with van der Waals surface area (Å²) in [6, 6.07) is 7.60. The van der Waals surface area contributed by atoms with Crippen LogP contribution in [-0.4, -0.2) is 14.6 Å². The van der Waals surface area contributed by atoms with Gasteiger partial charge in [-0.15, -0.1) is 11.6 Å². The van der Waals surface area contributed by atoms with E-state index in [2.05, 4.69) is 10.1 Å². The number of benzene rings is 1. The highest BCUT2D eigenvalue weighted by Gasteiger charge is 2.12. The molecule has 4 nitrogen and oxygen atoms in total. The van der Waals surface area contributed by atoms with Gasteiger partial charge in [0.25, 0.3) is 5.56 Å². The van der Waals surface area contributed by atoms with Crippen LogP contribution in [0, 0.1) is 5.82 Å². The quantitative estimate of drug-likeness (QED) is 0.683. The average molecular weight is 296 g/mol. The first-order valence-electron chi connectivity index (χ1n) is 5.39. The van der Waals surface area contributed by atoms with E-state index < -0.39 is 0 Å². The molecule has 0 radical (unpaired) electrons. The van der Waals surface area contributed by atoms with Gasteiger partial charge in [0.15, 0.2) is 5.01 Å². The van der Waals surface area contributed by atoms with Gasteiger partial charge in [-0.3, -0.25) is 4.79 Å². The average Bonchev–Trinajstić information content (AvgIpc) is 2.83. The van der Waals surface area contributed by atoms with Gasteiger partial charge in [-0.25, -0.2) is 9.37 Å². The molecule has 0 aliphatic rings. The third kappa shape index (κ3) is 2.13. The fourth-order valence-corrected chi connectivity index (χ4v) is 2.76. The largest absolute Gasteiger partial charge is 0.275 e. The summed E-state index contributed by atoms with van der Waals surface area (Å²) >= 11 is 6.81. The predicted octanol–water partition coefficient (Wildman–Crippen LogP) is 2.70. The fourth-order valence-electron chi connectivity index (χ4n) is 1.67. The summed E-state index contributed by atoms with van der Waals surface area (Å²) in [5, 5.41) is 4.51. The number of halogens is 2.